The maximum absolute atomic E-state index is 5.06. The highest BCUT2D eigenvalue weighted by Crippen LogP contribution is 2.31. The van der Waals surface area contributed by atoms with E-state index in [1.165, 1.54) is 19.3 Å². The molecule has 3 aromatic rings. The van der Waals surface area contributed by atoms with Gasteiger partial charge < -0.3 is 9.80 Å². The fourth-order valence-electron chi connectivity index (χ4n) is 4.29. The first-order valence-electron chi connectivity index (χ1n) is 10.6. The third-order valence-electron chi connectivity index (χ3n) is 5.87. The van der Waals surface area contributed by atoms with Crippen LogP contribution in [0.2, 0.25) is 0 Å². The normalized spacial score (nSPS) is 18.5. The lowest BCUT2D eigenvalue weighted by Crippen LogP contribution is -2.47. The van der Waals surface area contributed by atoms with Crippen LogP contribution in [0.1, 0.15) is 30.9 Å². The van der Waals surface area contributed by atoms with Crippen molar-refractivity contribution in [2.45, 2.75) is 32.7 Å². The summed E-state index contributed by atoms with van der Waals surface area (Å²) in [5, 5.41) is 7.21. The quantitative estimate of drug-likeness (QED) is 0.730. The number of aromatic nitrogens is 5. The van der Waals surface area contributed by atoms with E-state index in [1.54, 1.807) is 0 Å². The summed E-state index contributed by atoms with van der Waals surface area (Å²) in [6.07, 6.45) is 3.78. The Labute approximate surface area is 171 Å². The average molecular weight is 393 g/mol. The second-order valence-electron chi connectivity index (χ2n) is 8.01. The third-order valence-corrected chi connectivity index (χ3v) is 5.87. The molecule has 2 saturated heterocycles. The Morgan fingerprint density at radius 2 is 1.41 bits per heavy atom. The number of aromatic amines is 1. The van der Waals surface area contributed by atoms with E-state index < -0.39 is 0 Å². The molecule has 2 aliphatic heterocycles. The number of piperazine rings is 1. The zero-order chi connectivity index (χ0) is 19.6. The molecule has 0 amide bonds. The first kappa shape index (κ1) is 18.3. The van der Waals surface area contributed by atoms with Crippen molar-refractivity contribution in [1.82, 2.24) is 30.0 Å². The highest BCUT2D eigenvalue weighted by atomic mass is 15.3. The van der Waals surface area contributed by atoms with Gasteiger partial charge in [-0.2, -0.15) is 5.10 Å². The fraction of sp³-hybridized carbons (Fsp3) is 0.524. The van der Waals surface area contributed by atoms with Crippen LogP contribution < -0.4 is 9.80 Å². The molecule has 0 saturated carbocycles. The van der Waals surface area contributed by atoms with E-state index >= 15 is 0 Å². The molecule has 0 spiro atoms. The minimum atomic E-state index is 0.792. The summed E-state index contributed by atoms with van der Waals surface area (Å²) in [7, 11) is 0. The van der Waals surface area contributed by atoms with Gasteiger partial charge >= 0.3 is 0 Å². The molecule has 4 heterocycles. The van der Waals surface area contributed by atoms with Crippen molar-refractivity contribution in [2.75, 3.05) is 49.1 Å². The summed E-state index contributed by atoms with van der Waals surface area (Å²) in [5.41, 5.74) is 1.96. The number of H-pyrrole nitrogens is 1. The smallest absolute Gasteiger partial charge is 0.172 e. The van der Waals surface area contributed by atoms with Gasteiger partial charge in [0.15, 0.2) is 17.5 Å². The molecule has 1 N–H and O–H groups in total. The van der Waals surface area contributed by atoms with E-state index in [0.717, 1.165) is 80.1 Å². The van der Waals surface area contributed by atoms with Crippen molar-refractivity contribution in [3.05, 3.63) is 35.9 Å². The molecule has 8 nitrogen and oxygen atoms in total. The second kappa shape index (κ2) is 7.94. The summed E-state index contributed by atoms with van der Waals surface area (Å²) < 4.78 is 0. The molecule has 0 unspecified atom stereocenters. The molecule has 8 heteroatoms. The molecule has 0 radical (unpaired) electrons. The molecule has 0 aliphatic carbocycles. The van der Waals surface area contributed by atoms with Gasteiger partial charge in [0.1, 0.15) is 5.82 Å². The molecule has 152 valence electrons. The average Bonchev–Trinajstić information content (AvgIpc) is 3.18. The van der Waals surface area contributed by atoms with Gasteiger partial charge in [0.25, 0.3) is 0 Å². The maximum Gasteiger partial charge on any atom is 0.172 e. The highest BCUT2D eigenvalue weighted by Gasteiger charge is 2.25. The minimum Gasteiger partial charge on any atom is -0.354 e. The Morgan fingerprint density at radius 1 is 0.793 bits per heavy atom. The van der Waals surface area contributed by atoms with E-state index in [4.69, 9.17) is 9.97 Å². The zero-order valence-corrected chi connectivity index (χ0v) is 17.0. The van der Waals surface area contributed by atoms with Gasteiger partial charge in [-0.15, -0.1) is 0 Å². The number of fused-ring (bicyclic) bond motifs is 1. The van der Waals surface area contributed by atoms with Crippen molar-refractivity contribution in [2.24, 2.45) is 0 Å². The number of nitrogens with one attached hydrogen (secondary N) is 1. The second-order valence-corrected chi connectivity index (χ2v) is 8.01. The number of piperidine rings is 1. The number of hydrogen-bond donors (Lipinski definition) is 1. The summed E-state index contributed by atoms with van der Waals surface area (Å²) >= 11 is 0. The van der Waals surface area contributed by atoms with Gasteiger partial charge in [-0.3, -0.25) is 10.00 Å². The Kier molecular flexibility index (Phi) is 5.01. The standard InChI is InChI=1S/C21H28N8/c1-16-22-19(26-25-16)15-27-11-13-29(14-12-27)21-20(28-9-5-2-6-10-28)23-17-7-3-4-8-18(17)24-21/h3-4,7-8H,2,5-6,9-15H2,1H3,(H,22,25,26). The van der Waals surface area contributed by atoms with Crippen molar-refractivity contribution in [1.29, 1.82) is 0 Å². The molecule has 0 bridgehead atoms. The topological polar surface area (TPSA) is 77.1 Å². The van der Waals surface area contributed by atoms with Crippen LogP contribution in [0.5, 0.6) is 0 Å². The first-order valence-corrected chi connectivity index (χ1v) is 10.6. The molecule has 5 rings (SSSR count). The minimum absolute atomic E-state index is 0.792. The first-order chi connectivity index (χ1) is 14.3. The Morgan fingerprint density at radius 3 is 2.00 bits per heavy atom. The van der Waals surface area contributed by atoms with Crippen molar-refractivity contribution < 1.29 is 0 Å². The van der Waals surface area contributed by atoms with Gasteiger partial charge in [-0.25, -0.2) is 15.0 Å². The number of nitrogens with zero attached hydrogens (tertiary/aromatic N) is 7. The molecule has 29 heavy (non-hydrogen) atoms. The molecule has 2 fully saturated rings. The molecular formula is C21H28N8. The number of para-hydroxylation sites is 2. The number of hydrogen-bond acceptors (Lipinski definition) is 7. The monoisotopic (exact) mass is 392 g/mol. The number of rotatable bonds is 4. The third kappa shape index (κ3) is 3.89. The van der Waals surface area contributed by atoms with Crippen molar-refractivity contribution in [3.8, 4) is 0 Å². The van der Waals surface area contributed by atoms with Gasteiger partial charge in [0.2, 0.25) is 0 Å². The van der Waals surface area contributed by atoms with Crippen LogP contribution >= 0.6 is 0 Å². The van der Waals surface area contributed by atoms with E-state index in [2.05, 4.69) is 42.0 Å². The predicted octanol–water partition coefficient (Wildman–Crippen LogP) is 2.37. The van der Waals surface area contributed by atoms with Gasteiger partial charge in [0.05, 0.1) is 17.6 Å². The summed E-state index contributed by atoms with van der Waals surface area (Å²) in [6.45, 7) is 8.71. The number of anilines is 2. The summed E-state index contributed by atoms with van der Waals surface area (Å²) in [4.78, 5) is 21.8. The maximum atomic E-state index is 5.06. The van der Waals surface area contributed by atoms with E-state index in [0.29, 0.717) is 0 Å². The molecule has 0 atom stereocenters. The van der Waals surface area contributed by atoms with E-state index in [1.807, 2.05) is 19.1 Å². The molecule has 2 aromatic heterocycles. The predicted molar refractivity (Wildman–Crippen MR) is 114 cm³/mol. The van der Waals surface area contributed by atoms with Crippen LogP contribution in [-0.2, 0) is 6.54 Å². The van der Waals surface area contributed by atoms with E-state index in [9.17, 15) is 0 Å². The highest BCUT2D eigenvalue weighted by molar-refractivity contribution is 5.81. The van der Waals surface area contributed by atoms with Gasteiger partial charge in [0, 0.05) is 39.3 Å². The molecule has 1 aromatic carbocycles. The van der Waals surface area contributed by atoms with Crippen molar-refractivity contribution in [3.63, 3.8) is 0 Å². The molecule has 2 aliphatic rings. The molecular weight excluding hydrogens is 364 g/mol. The largest absolute Gasteiger partial charge is 0.354 e. The summed E-state index contributed by atoms with van der Waals surface area (Å²) in [5.74, 6) is 3.84. The van der Waals surface area contributed by atoms with E-state index in [-0.39, 0.29) is 0 Å². The van der Waals surface area contributed by atoms with Crippen LogP contribution in [0, 0.1) is 6.92 Å². The van der Waals surface area contributed by atoms with Crippen molar-refractivity contribution >= 4 is 22.7 Å². The number of aryl methyl sites for hydroxylation is 1. The van der Waals surface area contributed by atoms with Crippen LogP contribution in [0.15, 0.2) is 24.3 Å². The Hall–Kier alpha value is -2.74. The van der Waals surface area contributed by atoms with Crippen LogP contribution in [0.25, 0.3) is 11.0 Å². The fourth-order valence-corrected chi connectivity index (χ4v) is 4.29. The lowest BCUT2D eigenvalue weighted by atomic mass is 10.1. The summed E-state index contributed by atoms with van der Waals surface area (Å²) in [6, 6.07) is 8.21. The van der Waals surface area contributed by atoms with Crippen LogP contribution in [0.4, 0.5) is 11.6 Å². The zero-order valence-electron chi connectivity index (χ0n) is 17.0. The number of benzene rings is 1. The Bertz CT molecular complexity index is 970. The lowest BCUT2D eigenvalue weighted by molar-refractivity contribution is 0.244. The van der Waals surface area contributed by atoms with Gasteiger partial charge in [-0.1, -0.05) is 12.1 Å². The Balaban J connectivity index is 1.37. The van der Waals surface area contributed by atoms with Crippen LogP contribution in [-0.4, -0.2) is 69.3 Å². The SMILES string of the molecule is Cc1nc(CN2CCN(c3nc4ccccc4nc3N3CCCCC3)CC2)n[nH]1. The van der Waals surface area contributed by atoms with Gasteiger partial charge in [-0.05, 0) is 38.3 Å². The lowest BCUT2D eigenvalue weighted by Gasteiger charge is -2.37. The van der Waals surface area contributed by atoms with Crippen LogP contribution in [0.3, 0.4) is 0 Å².